The SMILES string of the molecule is CC(C)Nc1cncc(-c2cnc3n[nH]c(-c4nc5nccc(-c6ccsc6)c5[nH]4)c3c2F)c1. The highest BCUT2D eigenvalue weighted by molar-refractivity contribution is 7.08. The van der Waals surface area contributed by atoms with Crippen LogP contribution in [-0.2, 0) is 0 Å². The second-order valence-electron chi connectivity index (χ2n) is 8.20. The number of nitrogens with one attached hydrogen (secondary N) is 3. The van der Waals surface area contributed by atoms with E-state index in [1.54, 1.807) is 29.9 Å². The second kappa shape index (κ2) is 7.99. The first kappa shape index (κ1) is 20.4. The number of aromatic amines is 2. The molecule has 0 bridgehead atoms. The molecule has 6 aromatic rings. The number of pyridine rings is 3. The van der Waals surface area contributed by atoms with Crippen LogP contribution in [0.3, 0.4) is 0 Å². The van der Waals surface area contributed by atoms with Gasteiger partial charge in [0.1, 0.15) is 11.5 Å². The third-order valence-electron chi connectivity index (χ3n) is 5.48. The van der Waals surface area contributed by atoms with Gasteiger partial charge in [0, 0.05) is 47.5 Å². The molecule has 168 valence electrons. The number of anilines is 1. The predicted molar refractivity (Wildman–Crippen MR) is 132 cm³/mol. The summed E-state index contributed by atoms with van der Waals surface area (Å²) in [6.45, 7) is 4.06. The molecule has 0 aromatic carbocycles. The van der Waals surface area contributed by atoms with Crippen LogP contribution in [0.4, 0.5) is 10.1 Å². The Morgan fingerprint density at radius 2 is 1.94 bits per heavy atom. The van der Waals surface area contributed by atoms with Crippen LogP contribution >= 0.6 is 11.3 Å². The molecule has 0 radical (unpaired) electrons. The average Bonchev–Trinajstić information content (AvgIpc) is 3.57. The normalized spacial score (nSPS) is 11.6. The van der Waals surface area contributed by atoms with Crippen molar-refractivity contribution in [1.82, 2.24) is 35.1 Å². The summed E-state index contributed by atoms with van der Waals surface area (Å²) in [6.07, 6.45) is 6.53. The molecule has 0 unspecified atom stereocenters. The van der Waals surface area contributed by atoms with Crippen molar-refractivity contribution < 1.29 is 4.39 Å². The molecule has 0 aliphatic carbocycles. The van der Waals surface area contributed by atoms with E-state index < -0.39 is 5.82 Å². The summed E-state index contributed by atoms with van der Waals surface area (Å²) < 4.78 is 15.9. The number of hydrogen-bond donors (Lipinski definition) is 3. The van der Waals surface area contributed by atoms with E-state index in [9.17, 15) is 0 Å². The molecular formula is C24H19FN8S. The minimum atomic E-state index is -0.441. The number of nitrogens with zero attached hydrogens (tertiary/aromatic N) is 5. The van der Waals surface area contributed by atoms with Gasteiger partial charge in [0.2, 0.25) is 0 Å². The maximum Gasteiger partial charge on any atom is 0.184 e. The average molecular weight is 471 g/mol. The van der Waals surface area contributed by atoms with Gasteiger partial charge in [-0.05, 0) is 48.4 Å². The third-order valence-corrected chi connectivity index (χ3v) is 6.17. The minimum absolute atomic E-state index is 0.226. The topological polar surface area (TPSA) is 108 Å². The molecule has 0 aliphatic rings. The van der Waals surface area contributed by atoms with Crippen LogP contribution in [0.1, 0.15) is 13.8 Å². The summed E-state index contributed by atoms with van der Waals surface area (Å²) in [4.78, 5) is 20.9. The van der Waals surface area contributed by atoms with Crippen LogP contribution in [0.5, 0.6) is 0 Å². The van der Waals surface area contributed by atoms with Crippen LogP contribution in [0.25, 0.3) is 56.0 Å². The van der Waals surface area contributed by atoms with E-state index in [0.29, 0.717) is 28.3 Å². The van der Waals surface area contributed by atoms with Gasteiger partial charge in [-0.1, -0.05) is 0 Å². The monoisotopic (exact) mass is 470 g/mol. The molecule has 6 aromatic heterocycles. The highest BCUT2D eigenvalue weighted by Gasteiger charge is 2.21. The van der Waals surface area contributed by atoms with E-state index in [1.165, 1.54) is 6.20 Å². The Morgan fingerprint density at radius 3 is 2.76 bits per heavy atom. The molecule has 0 saturated carbocycles. The molecule has 34 heavy (non-hydrogen) atoms. The number of H-pyrrole nitrogens is 2. The first-order chi connectivity index (χ1) is 16.6. The van der Waals surface area contributed by atoms with Crippen molar-refractivity contribution in [2.45, 2.75) is 19.9 Å². The molecule has 0 amide bonds. The molecule has 8 nitrogen and oxygen atoms in total. The quantitative estimate of drug-likeness (QED) is 0.301. The van der Waals surface area contributed by atoms with Gasteiger partial charge in [-0.2, -0.15) is 16.4 Å². The number of thiophene rings is 1. The fraction of sp³-hybridized carbons (Fsp3) is 0.125. The van der Waals surface area contributed by atoms with E-state index in [-0.39, 0.29) is 17.1 Å². The fourth-order valence-corrected chi connectivity index (χ4v) is 4.67. The van der Waals surface area contributed by atoms with E-state index in [1.807, 2.05) is 37.4 Å². The van der Waals surface area contributed by atoms with Gasteiger partial charge in [0.15, 0.2) is 17.1 Å². The molecule has 6 rings (SSSR count). The molecule has 6 heterocycles. The lowest BCUT2D eigenvalue weighted by molar-refractivity contribution is 0.642. The van der Waals surface area contributed by atoms with Gasteiger partial charge in [-0.3, -0.25) is 10.1 Å². The van der Waals surface area contributed by atoms with Gasteiger partial charge in [0.05, 0.1) is 16.6 Å². The Bertz CT molecular complexity index is 1630. The van der Waals surface area contributed by atoms with Crippen molar-refractivity contribution in [2.24, 2.45) is 0 Å². The maximum atomic E-state index is 15.9. The predicted octanol–water partition coefficient (Wildman–Crippen LogP) is 5.65. The lowest BCUT2D eigenvalue weighted by atomic mass is 10.1. The van der Waals surface area contributed by atoms with Crippen molar-refractivity contribution in [3.8, 4) is 33.8 Å². The van der Waals surface area contributed by atoms with Gasteiger partial charge in [-0.25, -0.2) is 19.3 Å². The molecule has 3 N–H and O–H groups in total. The highest BCUT2D eigenvalue weighted by atomic mass is 32.1. The largest absolute Gasteiger partial charge is 0.382 e. The summed E-state index contributed by atoms with van der Waals surface area (Å²) in [7, 11) is 0. The lowest BCUT2D eigenvalue weighted by Crippen LogP contribution is -2.09. The first-order valence-corrected chi connectivity index (χ1v) is 11.6. The summed E-state index contributed by atoms with van der Waals surface area (Å²) in [5, 5.41) is 14.7. The summed E-state index contributed by atoms with van der Waals surface area (Å²) >= 11 is 1.62. The number of fused-ring (bicyclic) bond motifs is 2. The molecule has 0 saturated heterocycles. The number of rotatable bonds is 5. The van der Waals surface area contributed by atoms with Gasteiger partial charge in [-0.15, -0.1) is 0 Å². The smallest absolute Gasteiger partial charge is 0.184 e. The van der Waals surface area contributed by atoms with E-state index >= 15 is 4.39 Å². The minimum Gasteiger partial charge on any atom is -0.382 e. The van der Waals surface area contributed by atoms with Crippen molar-refractivity contribution >= 4 is 39.2 Å². The van der Waals surface area contributed by atoms with Crippen LogP contribution in [0.15, 0.2) is 53.7 Å². The van der Waals surface area contributed by atoms with E-state index in [4.69, 9.17) is 0 Å². The van der Waals surface area contributed by atoms with Crippen molar-refractivity contribution in [2.75, 3.05) is 5.32 Å². The van der Waals surface area contributed by atoms with Crippen LogP contribution in [-0.4, -0.2) is 41.2 Å². The molecule has 0 atom stereocenters. The Labute approximate surface area is 197 Å². The molecule has 10 heteroatoms. The zero-order chi connectivity index (χ0) is 23.2. The number of aromatic nitrogens is 7. The lowest BCUT2D eigenvalue weighted by Gasteiger charge is -2.11. The summed E-state index contributed by atoms with van der Waals surface area (Å²) in [5.41, 5.74) is 5.83. The standard InChI is InChI=1S/C24H19FN8S/c1-12(2)29-15-7-14(8-26-9-15)17-10-28-22-18(19(17)25)21(32-33-22)24-30-20-16(13-4-6-34-11-13)3-5-27-23(20)31-24/h3-12,29H,1-2H3,(H,27,30,31)(H,28,32,33). The zero-order valence-electron chi connectivity index (χ0n) is 18.3. The van der Waals surface area contributed by atoms with Crippen molar-refractivity contribution in [3.05, 3.63) is 59.6 Å². The Balaban J connectivity index is 1.50. The number of halogens is 1. The molecule has 0 aliphatic heterocycles. The van der Waals surface area contributed by atoms with Gasteiger partial charge in [0.25, 0.3) is 0 Å². The first-order valence-electron chi connectivity index (χ1n) is 10.7. The highest BCUT2D eigenvalue weighted by Crippen LogP contribution is 2.34. The van der Waals surface area contributed by atoms with Crippen molar-refractivity contribution in [3.63, 3.8) is 0 Å². The van der Waals surface area contributed by atoms with Gasteiger partial charge < -0.3 is 10.3 Å². The number of imidazole rings is 1. The van der Waals surface area contributed by atoms with E-state index in [2.05, 4.69) is 45.8 Å². The molecule has 0 fully saturated rings. The van der Waals surface area contributed by atoms with E-state index in [0.717, 1.165) is 22.3 Å². The molecular weight excluding hydrogens is 451 g/mol. The van der Waals surface area contributed by atoms with Gasteiger partial charge >= 0.3 is 0 Å². The van der Waals surface area contributed by atoms with Crippen LogP contribution in [0.2, 0.25) is 0 Å². The Morgan fingerprint density at radius 1 is 1.03 bits per heavy atom. The second-order valence-corrected chi connectivity index (χ2v) is 8.98. The zero-order valence-corrected chi connectivity index (χ0v) is 19.1. The third kappa shape index (κ3) is 3.39. The Hall–Kier alpha value is -4.18. The van der Waals surface area contributed by atoms with Crippen LogP contribution in [0, 0.1) is 5.82 Å². The maximum absolute atomic E-state index is 15.9. The van der Waals surface area contributed by atoms with Crippen LogP contribution < -0.4 is 5.32 Å². The molecule has 0 spiro atoms. The fourth-order valence-electron chi connectivity index (χ4n) is 4.01. The summed E-state index contributed by atoms with van der Waals surface area (Å²) in [6, 6.07) is 6.06. The Kier molecular flexibility index (Phi) is 4.80. The number of hydrogen-bond acceptors (Lipinski definition) is 7. The van der Waals surface area contributed by atoms with Crippen molar-refractivity contribution in [1.29, 1.82) is 0 Å². The summed E-state index contributed by atoms with van der Waals surface area (Å²) in [5.74, 6) is 0.00241.